The standard InChI is InChI=1S/C12H18N2S/c1-11(2)8-4-5-12(3,9(11)6-8)10-14-13-7-15-10/h7-9H,4-6H2,1-3H3. The average Bonchev–Trinajstić information content (AvgIpc) is 2.70. The van der Waals surface area contributed by atoms with Crippen LogP contribution < -0.4 is 0 Å². The summed E-state index contributed by atoms with van der Waals surface area (Å²) < 4.78 is 0. The molecule has 3 atom stereocenters. The molecule has 0 amide bonds. The van der Waals surface area contributed by atoms with Crippen LogP contribution in [-0.2, 0) is 5.41 Å². The number of fused-ring (bicyclic) bond motifs is 2. The Morgan fingerprint density at radius 2 is 2.20 bits per heavy atom. The van der Waals surface area contributed by atoms with Gasteiger partial charge in [0.25, 0.3) is 0 Å². The van der Waals surface area contributed by atoms with Crippen LogP contribution in [0, 0.1) is 17.3 Å². The Labute approximate surface area is 95.1 Å². The molecule has 1 aromatic rings. The summed E-state index contributed by atoms with van der Waals surface area (Å²) in [5, 5.41) is 9.59. The predicted molar refractivity (Wildman–Crippen MR) is 61.9 cm³/mol. The van der Waals surface area contributed by atoms with E-state index in [4.69, 9.17) is 0 Å². The summed E-state index contributed by atoms with van der Waals surface area (Å²) in [5.74, 6) is 1.78. The van der Waals surface area contributed by atoms with E-state index in [9.17, 15) is 0 Å². The number of nitrogens with zero attached hydrogens (tertiary/aromatic N) is 2. The molecule has 3 unspecified atom stereocenters. The third kappa shape index (κ3) is 1.10. The SMILES string of the molecule is CC1(c2nncs2)CCC2CC1C2(C)C. The Morgan fingerprint density at radius 1 is 1.40 bits per heavy atom. The molecule has 0 spiro atoms. The monoisotopic (exact) mass is 222 g/mol. The van der Waals surface area contributed by atoms with Crippen LogP contribution in [0.4, 0.5) is 0 Å². The third-order valence-corrected chi connectivity index (χ3v) is 6.07. The first-order valence-electron chi connectivity index (χ1n) is 5.82. The van der Waals surface area contributed by atoms with Crippen molar-refractivity contribution in [1.82, 2.24) is 10.2 Å². The molecule has 2 bridgehead atoms. The summed E-state index contributed by atoms with van der Waals surface area (Å²) in [7, 11) is 0. The molecule has 1 heterocycles. The van der Waals surface area contributed by atoms with Gasteiger partial charge in [0.15, 0.2) is 0 Å². The van der Waals surface area contributed by atoms with Gasteiger partial charge in [0.2, 0.25) is 0 Å². The lowest BCUT2D eigenvalue weighted by molar-refractivity contribution is -0.116. The Kier molecular flexibility index (Phi) is 1.83. The molecule has 1 aromatic heterocycles. The first-order chi connectivity index (χ1) is 7.05. The highest BCUT2D eigenvalue weighted by Crippen LogP contribution is 2.66. The van der Waals surface area contributed by atoms with Crippen LogP contribution in [0.3, 0.4) is 0 Å². The fourth-order valence-corrected chi connectivity index (χ4v) is 4.72. The van der Waals surface area contributed by atoms with E-state index in [1.807, 2.05) is 5.51 Å². The highest BCUT2D eigenvalue weighted by Gasteiger charge is 2.60. The maximum Gasteiger partial charge on any atom is 0.123 e. The van der Waals surface area contributed by atoms with Crippen molar-refractivity contribution in [2.75, 3.05) is 0 Å². The highest BCUT2D eigenvalue weighted by atomic mass is 32.1. The van der Waals surface area contributed by atoms with Gasteiger partial charge < -0.3 is 0 Å². The second kappa shape index (κ2) is 2.82. The van der Waals surface area contributed by atoms with Crippen LogP contribution in [-0.4, -0.2) is 10.2 Å². The molecule has 0 aliphatic heterocycles. The van der Waals surface area contributed by atoms with Crippen LogP contribution in [0.2, 0.25) is 0 Å². The van der Waals surface area contributed by atoms with E-state index in [2.05, 4.69) is 31.0 Å². The van der Waals surface area contributed by atoms with Crippen molar-refractivity contribution in [3.8, 4) is 0 Å². The van der Waals surface area contributed by atoms with Crippen LogP contribution in [0.25, 0.3) is 0 Å². The molecule has 3 saturated carbocycles. The van der Waals surface area contributed by atoms with Gasteiger partial charge in [-0.1, -0.05) is 20.8 Å². The number of aromatic nitrogens is 2. The topological polar surface area (TPSA) is 25.8 Å². The molecular formula is C12H18N2S. The molecule has 15 heavy (non-hydrogen) atoms. The summed E-state index contributed by atoms with van der Waals surface area (Å²) in [6.45, 7) is 7.27. The summed E-state index contributed by atoms with van der Waals surface area (Å²) in [5.41, 5.74) is 2.70. The molecule has 2 nitrogen and oxygen atoms in total. The fourth-order valence-electron chi connectivity index (χ4n) is 3.91. The molecule has 0 saturated heterocycles. The van der Waals surface area contributed by atoms with E-state index in [1.165, 1.54) is 24.3 Å². The summed E-state index contributed by atoms with van der Waals surface area (Å²) in [6, 6.07) is 0. The molecule has 3 fully saturated rings. The Balaban J connectivity index is 2.00. The molecule has 0 radical (unpaired) electrons. The Hall–Kier alpha value is -0.440. The van der Waals surface area contributed by atoms with Crippen molar-refractivity contribution in [2.24, 2.45) is 17.3 Å². The van der Waals surface area contributed by atoms with Crippen LogP contribution >= 0.6 is 11.3 Å². The fraction of sp³-hybridized carbons (Fsp3) is 0.833. The van der Waals surface area contributed by atoms with E-state index in [0.717, 1.165) is 11.8 Å². The number of hydrogen-bond donors (Lipinski definition) is 0. The lowest BCUT2D eigenvalue weighted by atomic mass is 9.41. The smallest absolute Gasteiger partial charge is 0.123 e. The first-order valence-corrected chi connectivity index (χ1v) is 6.70. The lowest BCUT2D eigenvalue weighted by Gasteiger charge is -2.63. The molecule has 0 N–H and O–H groups in total. The summed E-state index contributed by atoms with van der Waals surface area (Å²) >= 11 is 1.74. The first kappa shape index (κ1) is 9.76. The molecular weight excluding hydrogens is 204 g/mol. The zero-order valence-corrected chi connectivity index (χ0v) is 10.5. The van der Waals surface area contributed by atoms with E-state index < -0.39 is 0 Å². The van der Waals surface area contributed by atoms with Gasteiger partial charge in [0, 0.05) is 5.41 Å². The van der Waals surface area contributed by atoms with Crippen molar-refractivity contribution in [3.05, 3.63) is 10.5 Å². The van der Waals surface area contributed by atoms with E-state index in [-0.39, 0.29) is 0 Å². The number of hydrogen-bond acceptors (Lipinski definition) is 3. The van der Waals surface area contributed by atoms with E-state index in [1.54, 1.807) is 11.3 Å². The molecule has 3 aliphatic rings. The van der Waals surface area contributed by atoms with Gasteiger partial charge in [-0.05, 0) is 36.5 Å². The predicted octanol–water partition coefficient (Wildman–Crippen LogP) is 3.25. The molecule has 0 aromatic carbocycles. The van der Waals surface area contributed by atoms with Crippen LogP contribution in [0.1, 0.15) is 45.0 Å². The Bertz CT molecular complexity index is 369. The van der Waals surface area contributed by atoms with Crippen LogP contribution in [0.15, 0.2) is 5.51 Å². The van der Waals surface area contributed by atoms with Crippen molar-refractivity contribution in [1.29, 1.82) is 0 Å². The van der Waals surface area contributed by atoms with Gasteiger partial charge in [-0.15, -0.1) is 21.5 Å². The summed E-state index contributed by atoms with van der Waals surface area (Å²) in [6.07, 6.45) is 4.09. The summed E-state index contributed by atoms with van der Waals surface area (Å²) in [4.78, 5) is 0. The second-order valence-corrected chi connectivity index (χ2v) is 6.84. The molecule has 4 rings (SSSR count). The molecule has 3 heteroatoms. The minimum absolute atomic E-state index is 0.305. The zero-order chi connectivity index (χ0) is 10.7. The third-order valence-electron chi connectivity index (χ3n) is 5.10. The highest BCUT2D eigenvalue weighted by molar-refractivity contribution is 7.09. The number of rotatable bonds is 1. The van der Waals surface area contributed by atoms with Crippen molar-refractivity contribution >= 4 is 11.3 Å². The van der Waals surface area contributed by atoms with Crippen molar-refractivity contribution in [2.45, 2.75) is 45.4 Å². The van der Waals surface area contributed by atoms with Gasteiger partial charge in [-0.2, -0.15) is 0 Å². The quantitative estimate of drug-likeness (QED) is 0.729. The minimum Gasteiger partial charge on any atom is -0.147 e. The van der Waals surface area contributed by atoms with E-state index >= 15 is 0 Å². The van der Waals surface area contributed by atoms with Crippen molar-refractivity contribution < 1.29 is 0 Å². The van der Waals surface area contributed by atoms with Crippen LogP contribution in [0.5, 0.6) is 0 Å². The van der Waals surface area contributed by atoms with Gasteiger partial charge in [0.1, 0.15) is 10.5 Å². The normalized spacial score (nSPS) is 42.3. The largest absolute Gasteiger partial charge is 0.147 e. The van der Waals surface area contributed by atoms with E-state index in [0.29, 0.717) is 10.8 Å². The van der Waals surface area contributed by atoms with Gasteiger partial charge in [0.05, 0.1) is 0 Å². The maximum atomic E-state index is 4.32. The zero-order valence-electron chi connectivity index (χ0n) is 9.66. The maximum absolute atomic E-state index is 4.32. The average molecular weight is 222 g/mol. The van der Waals surface area contributed by atoms with Gasteiger partial charge in [-0.25, -0.2) is 0 Å². The lowest BCUT2D eigenvalue weighted by Crippen LogP contribution is -2.58. The Morgan fingerprint density at radius 3 is 2.73 bits per heavy atom. The molecule has 82 valence electrons. The van der Waals surface area contributed by atoms with Crippen molar-refractivity contribution in [3.63, 3.8) is 0 Å². The van der Waals surface area contributed by atoms with Gasteiger partial charge in [-0.3, -0.25) is 0 Å². The van der Waals surface area contributed by atoms with Gasteiger partial charge >= 0.3 is 0 Å². The second-order valence-electron chi connectivity index (χ2n) is 6.01. The molecule has 3 aliphatic carbocycles. The minimum atomic E-state index is 0.305.